The zero-order valence-corrected chi connectivity index (χ0v) is 24.5. The van der Waals surface area contributed by atoms with E-state index in [9.17, 15) is 33.9 Å². The van der Waals surface area contributed by atoms with E-state index in [-0.39, 0.29) is 29.9 Å². The minimum absolute atomic E-state index is 0.165. The first-order valence-electron chi connectivity index (χ1n) is 13.6. The van der Waals surface area contributed by atoms with Crippen LogP contribution in [0.15, 0.2) is 59.7 Å². The monoisotopic (exact) mass is 609 g/mol. The lowest BCUT2D eigenvalue weighted by atomic mass is 10.1. The molecular formula is C29H35N7O8. The van der Waals surface area contributed by atoms with Gasteiger partial charge in [0.25, 0.3) is 17.7 Å². The maximum Gasteiger partial charge on any atom is 0.332 e. The highest BCUT2D eigenvalue weighted by atomic mass is 16.6. The normalized spacial score (nSPS) is 15.5. The van der Waals surface area contributed by atoms with Crippen molar-refractivity contribution in [3.8, 4) is 0 Å². The van der Waals surface area contributed by atoms with E-state index in [0.29, 0.717) is 0 Å². The summed E-state index contributed by atoms with van der Waals surface area (Å²) in [6.45, 7) is 3.22. The summed E-state index contributed by atoms with van der Waals surface area (Å²) in [5.41, 5.74) is 6.85. The number of aliphatic hydroxyl groups excluding tert-OH is 1. The molecule has 0 fully saturated rings. The van der Waals surface area contributed by atoms with Gasteiger partial charge in [0.15, 0.2) is 0 Å². The fraction of sp³-hybridized carbons (Fsp3) is 0.345. The van der Waals surface area contributed by atoms with Crippen LogP contribution in [-0.4, -0.2) is 84.3 Å². The Hall–Kier alpha value is -5.31. The molecule has 234 valence electrons. The first kappa shape index (κ1) is 33.2. The molecule has 2 atom stereocenters. The number of aliphatic hydroxyl groups is 1. The van der Waals surface area contributed by atoms with Crippen molar-refractivity contribution in [1.82, 2.24) is 16.1 Å². The number of nitrogens with zero attached hydrogens (tertiary/aromatic N) is 3. The summed E-state index contributed by atoms with van der Waals surface area (Å²) in [7, 11) is 0. The number of fused-ring (bicyclic) bond motifs is 1. The molecule has 15 heteroatoms. The summed E-state index contributed by atoms with van der Waals surface area (Å²) < 4.78 is 5.31. The fourth-order valence-corrected chi connectivity index (χ4v) is 4.30. The van der Waals surface area contributed by atoms with Crippen molar-refractivity contribution in [3.05, 3.63) is 60.2 Å². The Kier molecular flexibility index (Phi) is 11.1. The number of hydrogen-bond donors (Lipinski definition) is 5. The number of para-hydroxylation sites is 2. The van der Waals surface area contributed by atoms with Crippen LogP contribution in [0.3, 0.4) is 0 Å². The van der Waals surface area contributed by atoms with Crippen LogP contribution >= 0.6 is 0 Å². The quantitative estimate of drug-likeness (QED) is 0.140. The second-order valence-corrected chi connectivity index (χ2v) is 10.7. The number of hydrogen-bond acceptors (Lipinski definition) is 9. The van der Waals surface area contributed by atoms with Crippen molar-refractivity contribution in [2.45, 2.75) is 44.9 Å². The molecule has 44 heavy (non-hydrogen) atoms. The highest BCUT2D eigenvalue weighted by molar-refractivity contribution is 6.11. The Labute approximate surface area is 253 Å². The van der Waals surface area contributed by atoms with Crippen LogP contribution in [0.2, 0.25) is 0 Å². The second-order valence-electron chi connectivity index (χ2n) is 10.7. The summed E-state index contributed by atoms with van der Waals surface area (Å²) >= 11 is 0. The smallest absolute Gasteiger partial charge is 0.332 e. The Morgan fingerprint density at radius 2 is 1.70 bits per heavy atom. The van der Waals surface area contributed by atoms with Crippen LogP contribution in [0.25, 0.3) is 0 Å². The number of carbonyl (C=O) groups excluding carboxylic acids is 6. The molecule has 15 nitrogen and oxygen atoms in total. The molecule has 0 radical (unpaired) electrons. The molecule has 6 amide bonds. The molecular weight excluding hydrogens is 574 g/mol. The molecule has 0 bridgehead atoms. The van der Waals surface area contributed by atoms with Crippen LogP contribution in [0, 0.1) is 0 Å². The number of nitrogens with one attached hydrogen (secondary N) is 3. The highest BCUT2D eigenvalue weighted by Crippen LogP contribution is 2.33. The third kappa shape index (κ3) is 9.35. The van der Waals surface area contributed by atoms with Crippen molar-refractivity contribution in [1.29, 1.82) is 0 Å². The van der Waals surface area contributed by atoms with Gasteiger partial charge in [-0.2, -0.15) is 5.10 Å². The molecule has 0 saturated heterocycles. The molecule has 0 aromatic heterocycles. The summed E-state index contributed by atoms with van der Waals surface area (Å²) in [6, 6.07) is 11.0. The number of anilines is 2. The van der Waals surface area contributed by atoms with Crippen molar-refractivity contribution in [2.24, 2.45) is 10.8 Å². The van der Waals surface area contributed by atoms with Crippen molar-refractivity contribution < 1.29 is 38.6 Å². The predicted molar refractivity (Wildman–Crippen MR) is 160 cm³/mol. The molecule has 2 aromatic rings. The van der Waals surface area contributed by atoms with E-state index in [1.807, 2.05) is 5.43 Å². The topological polar surface area (TPSA) is 213 Å². The summed E-state index contributed by atoms with van der Waals surface area (Å²) in [5, 5.41) is 18.5. The van der Waals surface area contributed by atoms with Gasteiger partial charge in [0.2, 0.25) is 5.91 Å². The number of carbonyl (C=O) groups is 6. The number of amides is 6. The van der Waals surface area contributed by atoms with Gasteiger partial charge in [0.1, 0.15) is 24.8 Å². The fourth-order valence-electron chi connectivity index (χ4n) is 4.30. The number of nitrogens with two attached hydrogens (primary N) is 1. The Morgan fingerprint density at radius 1 is 1.07 bits per heavy atom. The molecule has 1 aliphatic rings. The summed E-state index contributed by atoms with van der Waals surface area (Å²) in [5.74, 6) is -3.45. The Bertz CT molecular complexity index is 1420. The molecule has 0 saturated carbocycles. The molecule has 0 aliphatic carbocycles. The van der Waals surface area contributed by atoms with E-state index in [1.54, 1.807) is 63.2 Å². The van der Waals surface area contributed by atoms with E-state index in [0.717, 1.165) is 16.0 Å². The number of urea groups is 1. The first-order chi connectivity index (χ1) is 20.8. The van der Waals surface area contributed by atoms with Crippen molar-refractivity contribution >= 4 is 53.2 Å². The van der Waals surface area contributed by atoms with Crippen LogP contribution < -0.4 is 31.6 Å². The zero-order chi connectivity index (χ0) is 32.4. The minimum Gasteiger partial charge on any atom is -0.460 e. The molecule has 6 N–H and O–H groups in total. The van der Waals surface area contributed by atoms with E-state index >= 15 is 0 Å². The molecule has 1 aliphatic heterocycles. The Morgan fingerprint density at radius 3 is 2.32 bits per heavy atom. The van der Waals surface area contributed by atoms with Gasteiger partial charge in [0.05, 0.1) is 30.4 Å². The number of primary amides is 1. The number of hydrazone groups is 1. The van der Waals surface area contributed by atoms with Gasteiger partial charge in [-0.25, -0.2) is 10.2 Å². The summed E-state index contributed by atoms with van der Waals surface area (Å²) in [4.78, 5) is 78.8. The molecule has 1 heterocycles. The van der Waals surface area contributed by atoms with Gasteiger partial charge in [-0.15, -0.1) is 0 Å². The van der Waals surface area contributed by atoms with Crippen LogP contribution in [0.4, 0.5) is 16.2 Å². The standard InChI is InChI=1S/C29H35N7O8/c1-29(2,3)44-25(40)13-19(14-31-34-28(30)43)32-23(38)16-36-22-12-8-7-11-21(22)35(24(39)17-37)15-20(27(36)42)33-26(41)18-9-5-4-6-10-18/h4-12,14,19-20,37H,13,15-17H2,1-3H3,(H,32,38)(H,33,41)(H3,30,34,43)/b31-14+/t19-,20-/m0/s1. The minimum atomic E-state index is -1.31. The number of rotatable bonds is 10. The highest BCUT2D eigenvalue weighted by Gasteiger charge is 2.37. The second kappa shape index (κ2) is 14.7. The van der Waals surface area contributed by atoms with Gasteiger partial charge in [-0.3, -0.25) is 28.9 Å². The average molecular weight is 610 g/mol. The van der Waals surface area contributed by atoms with Gasteiger partial charge in [-0.1, -0.05) is 30.3 Å². The third-order valence-corrected chi connectivity index (χ3v) is 6.05. The van der Waals surface area contributed by atoms with Crippen molar-refractivity contribution in [3.63, 3.8) is 0 Å². The van der Waals surface area contributed by atoms with Gasteiger partial charge in [0, 0.05) is 11.8 Å². The van der Waals surface area contributed by atoms with Crippen LogP contribution in [-0.2, 0) is 23.9 Å². The maximum atomic E-state index is 13.9. The molecule has 2 aromatic carbocycles. The van der Waals surface area contributed by atoms with Crippen LogP contribution in [0.1, 0.15) is 37.6 Å². The van der Waals surface area contributed by atoms with E-state index < -0.39 is 66.5 Å². The van der Waals surface area contributed by atoms with E-state index in [4.69, 9.17) is 10.5 Å². The molecule has 0 spiro atoms. The van der Waals surface area contributed by atoms with Crippen molar-refractivity contribution in [2.75, 3.05) is 29.5 Å². The predicted octanol–water partition coefficient (Wildman–Crippen LogP) is 0.0278. The SMILES string of the molecule is CC(C)(C)OC(=O)C[C@@H](/C=N/NC(N)=O)NC(=O)CN1C(=O)[C@@H](NC(=O)c2ccccc2)CN(C(=O)CO)c2ccccc21. The lowest BCUT2D eigenvalue weighted by molar-refractivity contribution is -0.155. The lowest BCUT2D eigenvalue weighted by Crippen LogP contribution is -2.55. The lowest BCUT2D eigenvalue weighted by Gasteiger charge is -2.26. The largest absolute Gasteiger partial charge is 0.460 e. The number of benzene rings is 2. The van der Waals surface area contributed by atoms with Gasteiger partial charge < -0.3 is 31.1 Å². The van der Waals surface area contributed by atoms with Gasteiger partial charge >= 0.3 is 12.0 Å². The average Bonchev–Trinajstić information content (AvgIpc) is 3.06. The van der Waals surface area contributed by atoms with Gasteiger partial charge in [-0.05, 0) is 45.0 Å². The molecule has 3 rings (SSSR count). The van der Waals surface area contributed by atoms with Crippen LogP contribution in [0.5, 0.6) is 0 Å². The molecule has 0 unspecified atom stereocenters. The maximum absolute atomic E-state index is 13.9. The van der Waals surface area contributed by atoms with E-state index in [1.165, 1.54) is 12.1 Å². The first-order valence-corrected chi connectivity index (χ1v) is 13.6. The number of ether oxygens (including phenoxy) is 1. The zero-order valence-electron chi connectivity index (χ0n) is 24.5. The number of esters is 1. The summed E-state index contributed by atoms with van der Waals surface area (Å²) in [6.07, 6.45) is 0.710. The third-order valence-electron chi connectivity index (χ3n) is 6.05. The van der Waals surface area contributed by atoms with E-state index in [2.05, 4.69) is 15.7 Å². The Balaban J connectivity index is 1.92.